The highest BCUT2D eigenvalue weighted by Crippen LogP contribution is 2.67. The van der Waals surface area contributed by atoms with Crippen LogP contribution in [-0.4, -0.2) is 31.5 Å². The average Bonchev–Trinajstić information content (AvgIpc) is 2.61. The minimum atomic E-state index is -3.69. The lowest BCUT2D eigenvalue weighted by Crippen LogP contribution is -2.29. The van der Waals surface area contributed by atoms with E-state index in [2.05, 4.69) is 0 Å². The Morgan fingerprint density at radius 1 is 1.04 bits per heavy atom. The van der Waals surface area contributed by atoms with E-state index in [-0.39, 0.29) is 26.2 Å². The molecule has 6 nitrogen and oxygen atoms in total. The molecule has 0 saturated heterocycles. The third kappa shape index (κ3) is 6.56. The molecule has 1 unspecified atom stereocenters. The Labute approximate surface area is 151 Å². The summed E-state index contributed by atoms with van der Waals surface area (Å²) in [5, 5.41) is -1.50. The van der Waals surface area contributed by atoms with Crippen LogP contribution in [0.25, 0.3) is 0 Å². The summed E-state index contributed by atoms with van der Waals surface area (Å²) < 4.78 is 47.0. The molecule has 0 spiro atoms. The molecule has 0 heterocycles. The van der Waals surface area contributed by atoms with Crippen molar-refractivity contribution in [1.29, 1.82) is 0 Å². The standard InChI is InChI=1S/C17H28O6P2/c1-4-21-17(24-18,25(19,22-5-2)23-6-3)13-10-14-20-15-16-11-8-7-9-12-16/h7-9,11-12H,4-6,10,13-15H2,1-3H3. The first kappa shape index (κ1) is 22.4. The van der Waals surface area contributed by atoms with Gasteiger partial charge in [0, 0.05) is 19.6 Å². The molecule has 8 heteroatoms. The smallest absolute Gasteiger partial charge is 0.374 e. The van der Waals surface area contributed by atoms with Gasteiger partial charge in [-0.3, -0.25) is 9.13 Å². The third-order valence-electron chi connectivity index (χ3n) is 3.45. The summed E-state index contributed by atoms with van der Waals surface area (Å²) in [5.74, 6) is 0. The minimum absolute atomic E-state index is 0.187. The van der Waals surface area contributed by atoms with Crippen molar-refractivity contribution in [2.24, 2.45) is 0 Å². The molecule has 0 radical (unpaired) electrons. The van der Waals surface area contributed by atoms with Gasteiger partial charge in [-0.05, 0) is 32.8 Å². The molecule has 0 aliphatic carbocycles. The molecular formula is C17H28O6P2. The zero-order valence-electron chi connectivity index (χ0n) is 15.2. The summed E-state index contributed by atoms with van der Waals surface area (Å²) >= 11 is 0. The predicted molar refractivity (Wildman–Crippen MR) is 98.2 cm³/mol. The van der Waals surface area contributed by atoms with Gasteiger partial charge in [0.2, 0.25) is 13.5 Å². The van der Waals surface area contributed by atoms with E-state index in [1.165, 1.54) is 0 Å². The van der Waals surface area contributed by atoms with E-state index in [1.54, 1.807) is 20.8 Å². The van der Waals surface area contributed by atoms with Crippen molar-refractivity contribution in [3.63, 3.8) is 0 Å². The fourth-order valence-electron chi connectivity index (χ4n) is 2.39. The number of ether oxygens (including phenoxy) is 2. The Kier molecular flexibility index (Phi) is 10.7. The van der Waals surface area contributed by atoms with Crippen LogP contribution in [0.1, 0.15) is 39.2 Å². The Bertz CT molecular complexity index is 529. The number of hydrogen-bond acceptors (Lipinski definition) is 6. The van der Waals surface area contributed by atoms with E-state index in [0.717, 1.165) is 5.56 Å². The van der Waals surface area contributed by atoms with Crippen LogP contribution in [0.5, 0.6) is 0 Å². The van der Waals surface area contributed by atoms with Gasteiger partial charge >= 0.3 is 7.60 Å². The molecule has 0 bridgehead atoms. The first-order valence-electron chi connectivity index (χ1n) is 8.56. The molecule has 0 aromatic heterocycles. The van der Waals surface area contributed by atoms with Gasteiger partial charge in [0.05, 0.1) is 19.8 Å². The second-order valence-corrected chi connectivity index (χ2v) is 8.73. The second kappa shape index (κ2) is 11.9. The van der Waals surface area contributed by atoms with E-state index in [0.29, 0.717) is 19.6 Å². The molecule has 142 valence electrons. The summed E-state index contributed by atoms with van der Waals surface area (Å²) in [4.78, 5) is 0. The average molecular weight is 390 g/mol. The predicted octanol–water partition coefficient (Wildman–Crippen LogP) is 5.23. The van der Waals surface area contributed by atoms with Crippen LogP contribution >= 0.6 is 16.1 Å². The molecule has 1 aromatic rings. The lowest BCUT2D eigenvalue weighted by Gasteiger charge is -2.33. The fraction of sp³-hybridized carbons (Fsp3) is 0.647. The van der Waals surface area contributed by atoms with Crippen molar-refractivity contribution in [2.45, 2.75) is 45.3 Å². The fourth-order valence-corrected chi connectivity index (χ4v) is 5.44. The molecule has 0 saturated carbocycles. The van der Waals surface area contributed by atoms with Crippen molar-refractivity contribution in [3.05, 3.63) is 35.9 Å². The van der Waals surface area contributed by atoms with Gasteiger partial charge in [-0.15, -0.1) is 0 Å². The number of hydrogen-bond donors (Lipinski definition) is 0. The largest absolute Gasteiger partial charge is 0.377 e. The summed E-state index contributed by atoms with van der Waals surface area (Å²) in [6.45, 7) is 6.74. The van der Waals surface area contributed by atoms with E-state index in [9.17, 15) is 9.13 Å². The first-order chi connectivity index (χ1) is 12.1. The SMILES string of the molecule is CCOC(CCCOCc1ccccc1)(P=O)P(=O)(OCC)OCC. The summed E-state index contributed by atoms with van der Waals surface area (Å²) in [6, 6.07) is 9.83. The van der Waals surface area contributed by atoms with Crippen LogP contribution in [0.4, 0.5) is 0 Å². The van der Waals surface area contributed by atoms with Gasteiger partial charge in [0.1, 0.15) is 0 Å². The van der Waals surface area contributed by atoms with Gasteiger partial charge in [0.25, 0.3) is 0 Å². The van der Waals surface area contributed by atoms with Crippen LogP contribution in [0.15, 0.2) is 30.3 Å². The van der Waals surface area contributed by atoms with Crippen LogP contribution < -0.4 is 0 Å². The highest BCUT2D eigenvalue weighted by Gasteiger charge is 2.53. The van der Waals surface area contributed by atoms with E-state index in [1.807, 2.05) is 30.3 Å². The third-order valence-corrected chi connectivity index (χ3v) is 7.47. The van der Waals surface area contributed by atoms with Gasteiger partial charge in [-0.1, -0.05) is 30.3 Å². The first-order valence-corrected chi connectivity index (χ1v) is 10.9. The van der Waals surface area contributed by atoms with Crippen LogP contribution in [0.2, 0.25) is 0 Å². The molecule has 25 heavy (non-hydrogen) atoms. The molecule has 1 aromatic carbocycles. The van der Waals surface area contributed by atoms with Gasteiger partial charge in [0.15, 0.2) is 0 Å². The topological polar surface area (TPSA) is 71.1 Å². The lowest BCUT2D eigenvalue weighted by molar-refractivity contribution is 0.0366. The summed E-state index contributed by atoms with van der Waals surface area (Å²) in [7, 11) is -4.09. The normalized spacial score (nSPS) is 14.5. The van der Waals surface area contributed by atoms with E-state index < -0.39 is 21.1 Å². The highest BCUT2D eigenvalue weighted by atomic mass is 31.2. The van der Waals surface area contributed by atoms with Crippen LogP contribution in [0.3, 0.4) is 0 Å². The molecule has 1 atom stereocenters. The summed E-state index contributed by atoms with van der Waals surface area (Å²) in [5.41, 5.74) is 1.08. The minimum Gasteiger partial charge on any atom is -0.377 e. The van der Waals surface area contributed by atoms with Crippen molar-refractivity contribution in [1.82, 2.24) is 0 Å². The van der Waals surface area contributed by atoms with Crippen molar-refractivity contribution >= 4 is 16.1 Å². The summed E-state index contributed by atoms with van der Waals surface area (Å²) in [6.07, 6.45) is 0.768. The Hall–Kier alpha value is -0.610. The highest BCUT2D eigenvalue weighted by molar-refractivity contribution is 7.64. The quantitative estimate of drug-likeness (QED) is 0.320. The molecule has 0 aliphatic rings. The van der Waals surface area contributed by atoms with Gasteiger partial charge < -0.3 is 18.5 Å². The maximum atomic E-state index is 13.1. The number of benzene rings is 1. The van der Waals surface area contributed by atoms with E-state index >= 15 is 0 Å². The number of rotatable bonds is 14. The van der Waals surface area contributed by atoms with Crippen LogP contribution in [0, 0.1) is 0 Å². The van der Waals surface area contributed by atoms with Gasteiger partial charge in [-0.2, -0.15) is 0 Å². The lowest BCUT2D eigenvalue weighted by atomic mass is 10.2. The zero-order chi connectivity index (χ0) is 18.6. The Morgan fingerprint density at radius 3 is 2.20 bits per heavy atom. The molecule has 0 N–H and O–H groups in total. The zero-order valence-corrected chi connectivity index (χ0v) is 17.0. The maximum Gasteiger partial charge on any atom is 0.374 e. The van der Waals surface area contributed by atoms with Crippen molar-refractivity contribution in [3.8, 4) is 0 Å². The monoisotopic (exact) mass is 390 g/mol. The van der Waals surface area contributed by atoms with E-state index in [4.69, 9.17) is 18.5 Å². The molecule has 0 fully saturated rings. The molecular weight excluding hydrogens is 362 g/mol. The van der Waals surface area contributed by atoms with Crippen molar-refractivity contribution in [2.75, 3.05) is 26.4 Å². The van der Waals surface area contributed by atoms with Crippen molar-refractivity contribution < 1.29 is 27.7 Å². The van der Waals surface area contributed by atoms with Gasteiger partial charge in [-0.25, -0.2) is 0 Å². The second-order valence-electron chi connectivity index (χ2n) is 5.24. The molecule has 0 amide bonds. The Morgan fingerprint density at radius 2 is 1.68 bits per heavy atom. The molecule has 0 aliphatic heterocycles. The molecule has 1 rings (SSSR count). The Balaban J connectivity index is 2.67. The van der Waals surface area contributed by atoms with Crippen LogP contribution in [-0.2, 0) is 34.3 Å². The maximum absolute atomic E-state index is 13.1.